The Morgan fingerprint density at radius 2 is 1.90 bits per heavy atom. The molecule has 0 aliphatic heterocycles. The number of ether oxygens (including phenoxy) is 2. The lowest BCUT2D eigenvalue weighted by Gasteiger charge is -2.14. The van der Waals surface area contributed by atoms with Crippen LogP contribution in [-0.2, 0) is 11.3 Å². The van der Waals surface area contributed by atoms with E-state index < -0.39 is 0 Å². The molecule has 1 heterocycles. The highest BCUT2D eigenvalue weighted by molar-refractivity contribution is 5.35. The Kier molecular flexibility index (Phi) is 9.02. The quantitative estimate of drug-likeness (QED) is 0.635. The second kappa shape index (κ2) is 10.6. The summed E-state index contributed by atoms with van der Waals surface area (Å²) < 4.78 is 11.4. The zero-order chi connectivity index (χ0) is 15.5. The summed E-state index contributed by atoms with van der Waals surface area (Å²) in [5.74, 6) is 0.746. The molecule has 0 aliphatic carbocycles. The number of nitrogens with one attached hydrogen (secondary N) is 1. The van der Waals surface area contributed by atoms with Gasteiger partial charge < -0.3 is 14.8 Å². The summed E-state index contributed by atoms with van der Waals surface area (Å²) in [6, 6.07) is 2.10. The Balaban J connectivity index is 2.53. The average molecular weight is 294 g/mol. The maximum absolute atomic E-state index is 5.83. The van der Waals surface area contributed by atoms with E-state index in [1.165, 1.54) is 5.56 Å². The number of unbranched alkanes of at least 4 members (excludes halogenated alkanes) is 1. The van der Waals surface area contributed by atoms with Gasteiger partial charge in [0.25, 0.3) is 0 Å². The van der Waals surface area contributed by atoms with Gasteiger partial charge in [0.1, 0.15) is 6.61 Å². The molecular weight excluding hydrogens is 264 g/mol. The maximum Gasteiger partial charge on any atom is 0.218 e. The fourth-order valence-corrected chi connectivity index (χ4v) is 2.10. The molecule has 0 unspecified atom stereocenters. The van der Waals surface area contributed by atoms with E-state index in [4.69, 9.17) is 9.47 Å². The smallest absolute Gasteiger partial charge is 0.218 e. The van der Waals surface area contributed by atoms with Crippen molar-refractivity contribution in [3.05, 3.63) is 22.9 Å². The number of pyridine rings is 1. The molecule has 4 heteroatoms. The number of hydrogen-bond acceptors (Lipinski definition) is 4. The first-order chi connectivity index (χ1) is 10.2. The van der Waals surface area contributed by atoms with E-state index in [1.54, 1.807) is 0 Å². The molecule has 0 saturated carbocycles. The van der Waals surface area contributed by atoms with Gasteiger partial charge in [0, 0.05) is 24.4 Å². The molecule has 21 heavy (non-hydrogen) atoms. The first-order valence-corrected chi connectivity index (χ1v) is 8.07. The zero-order valence-electron chi connectivity index (χ0n) is 14.0. The van der Waals surface area contributed by atoms with Crippen LogP contribution in [0.2, 0.25) is 0 Å². The lowest BCUT2D eigenvalue weighted by molar-refractivity contribution is 0.0960. The van der Waals surface area contributed by atoms with Gasteiger partial charge in [0.2, 0.25) is 5.88 Å². The predicted octanol–water partition coefficient (Wildman–Crippen LogP) is 3.39. The van der Waals surface area contributed by atoms with E-state index in [0.717, 1.165) is 56.1 Å². The molecule has 120 valence electrons. The fourth-order valence-electron chi connectivity index (χ4n) is 2.10. The highest BCUT2D eigenvalue weighted by Gasteiger charge is 2.10. The van der Waals surface area contributed by atoms with Gasteiger partial charge in [-0.3, -0.25) is 0 Å². The molecule has 0 saturated heterocycles. The van der Waals surface area contributed by atoms with Gasteiger partial charge in [0.15, 0.2) is 0 Å². The molecule has 1 N–H and O–H groups in total. The zero-order valence-corrected chi connectivity index (χ0v) is 14.0. The molecule has 0 aliphatic rings. The Bertz CT molecular complexity index is 408. The van der Waals surface area contributed by atoms with Crippen LogP contribution in [0.15, 0.2) is 6.07 Å². The highest BCUT2D eigenvalue weighted by atomic mass is 16.5. The van der Waals surface area contributed by atoms with Gasteiger partial charge >= 0.3 is 0 Å². The minimum Gasteiger partial charge on any atom is -0.475 e. The van der Waals surface area contributed by atoms with Crippen LogP contribution >= 0.6 is 0 Å². The van der Waals surface area contributed by atoms with Crippen molar-refractivity contribution in [2.45, 2.75) is 53.5 Å². The van der Waals surface area contributed by atoms with Crippen LogP contribution in [0, 0.1) is 13.8 Å². The molecule has 0 radical (unpaired) electrons. The molecule has 0 bridgehead atoms. The molecule has 0 atom stereocenters. The normalized spacial score (nSPS) is 10.9. The van der Waals surface area contributed by atoms with E-state index in [9.17, 15) is 0 Å². The molecule has 0 fully saturated rings. The number of aryl methyl sites for hydroxylation is 2. The topological polar surface area (TPSA) is 43.4 Å². The Hall–Kier alpha value is -1.13. The number of aromatic nitrogens is 1. The highest BCUT2D eigenvalue weighted by Crippen LogP contribution is 2.20. The Morgan fingerprint density at radius 3 is 2.62 bits per heavy atom. The van der Waals surface area contributed by atoms with E-state index in [1.807, 2.05) is 6.92 Å². The van der Waals surface area contributed by atoms with Crippen molar-refractivity contribution in [3.63, 3.8) is 0 Å². The van der Waals surface area contributed by atoms with E-state index in [0.29, 0.717) is 13.2 Å². The van der Waals surface area contributed by atoms with Gasteiger partial charge in [-0.15, -0.1) is 0 Å². The summed E-state index contributed by atoms with van der Waals surface area (Å²) in [5.41, 5.74) is 3.38. The Morgan fingerprint density at radius 1 is 1.10 bits per heavy atom. The predicted molar refractivity (Wildman–Crippen MR) is 86.9 cm³/mol. The van der Waals surface area contributed by atoms with Gasteiger partial charge in [-0.2, -0.15) is 0 Å². The van der Waals surface area contributed by atoms with Gasteiger partial charge in [-0.05, 0) is 44.9 Å². The van der Waals surface area contributed by atoms with Crippen LogP contribution in [0.3, 0.4) is 0 Å². The van der Waals surface area contributed by atoms with Crippen molar-refractivity contribution in [2.24, 2.45) is 0 Å². The van der Waals surface area contributed by atoms with Crippen LogP contribution in [0.1, 0.15) is 49.9 Å². The third-order valence-corrected chi connectivity index (χ3v) is 3.27. The minimum atomic E-state index is 0.556. The summed E-state index contributed by atoms with van der Waals surface area (Å²) in [6.07, 6.45) is 3.39. The number of rotatable bonds is 11. The van der Waals surface area contributed by atoms with Crippen LogP contribution < -0.4 is 10.1 Å². The van der Waals surface area contributed by atoms with Crippen molar-refractivity contribution in [3.8, 4) is 5.88 Å². The third-order valence-electron chi connectivity index (χ3n) is 3.27. The average Bonchev–Trinajstić information content (AvgIpc) is 2.45. The summed E-state index contributed by atoms with van der Waals surface area (Å²) in [4.78, 5) is 4.53. The molecular formula is C17H30N2O2. The Labute approximate surface area is 129 Å². The third kappa shape index (κ3) is 6.91. The van der Waals surface area contributed by atoms with Crippen molar-refractivity contribution in [1.29, 1.82) is 0 Å². The first kappa shape index (κ1) is 17.9. The lowest BCUT2D eigenvalue weighted by Crippen LogP contribution is -2.17. The fraction of sp³-hybridized carbons (Fsp3) is 0.706. The largest absolute Gasteiger partial charge is 0.475 e. The SMILES string of the molecule is CCCCOCCOc1nc(C)cc(C)c1CNCCC. The van der Waals surface area contributed by atoms with Gasteiger partial charge in [0.05, 0.1) is 6.61 Å². The van der Waals surface area contributed by atoms with Crippen molar-refractivity contribution >= 4 is 0 Å². The summed E-state index contributed by atoms with van der Waals surface area (Å²) in [7, 11) is 0. The van der Waals surface area contributed by atoms with E-state index in [2.05, 4.69) is 37.1 Å². The van der Waals surface area contributed by atoms with E-state index in [-0.39, 0.29) is 0 Å². The number of nitrogens with zero attached hydrogens (tertiary/aromatic N) is 1. The van der Waals surface area contributed by atoms with Crippen molar-refractivity contribution in [2.75, 3.05) is 26.4 Å². The van der Waals surface area contributed by atoms with Crippen LogP contribution in [0.4, 0.5) is 0 Å². The van der Waals surface area contributed by atoms with Crippen molar-refractivity contribution in [1.82, 2.24) is 10.3 Å². The van der Waals surface area contributed by atoms with Gasteiger partial charge in [-0.25, -0.2) is 4.98 Å². The molecule has 1 rings (SSSR count). The molecule has 0 aromatic carbocycles. The van der Waals surface area contributed by atoms with E-state index >= 15 is 0 Å². The second-order valence-electron chi connectivity index (χ2n) is 5.36. The van der Waals surface area contributed by atoms with Crippen LogP contribution in [0.25, 0.3) is 0 Å². The molecule has 0 spiro atoms. The minimum absolute atomic E-state index is 0.556. The number of hydrogen-bond donors (Lipinski definition) is 1. The molecule has 1 aromatic rings. The van der Waals surface area contributed by atoms with Crippen LogP contribution in [-0.4, -0.2) is 31.3 Å². The first-order valence-electron chi connectivity index (χ1n) is 8.07. The second-order valence-corrected chi connectivity index (χ2v) is 5.36. The summed E-state index contributed by atoms with van der Waals surface area (Å²) in [6.45, 7) is 12.2. The van der Waals surface area contributed by atoms with Gasteiger partial charge in [-0.1, -0.05) is 20.3 Å². The summed E-state index contributed by atoms with van der Waals surface area (Å²) >= 11 is 0. The standard InChI is InChI=1S/C17H30N2O2/c1-5-7-9-20-10-11-21-17-16(13-18-8-6-2)14(3)12-15(4)19-17/h12,18H,5-11,13H2,1-4H3. The summed E-state index contributed by atoms with van der Waals surface area (Å²) in [5, 5.41) is 3.42. The lowest BCUT2D eigenvalue weighted by atomic mass is 10.1. The van der Waals surface area contributed by atoms with Crippen molar-refractivity contribution < 1.29 is 9.47 Å². The molecule has 4 nitrogen and oxygen atoms in total. The van der Waals surface area contributed by atoms with Crippen LogP contribution in [0.5, 0.6) is 5.88 Å². The monoisotopic (exact) mass is 294 g/mol. The molecule has 0 amide bonds. The molecule has 1 aromatic heterocycles. The maximum atomic E-state index is 5.83.